The van der Waals surface area contributed by atoms with Gasteiger partial charge in [-0.2, -0.15) is 0 Å². The monoisotopic (exact) mass is 199 g/mol. The van der Waals surface area contributed by atoms with Gasteiger partial charge >= 0.3 is 5.97 Å². The van der Waals surface area contributed by atoms with Crippen molar-refractivity contribution in [2.24, 2.45) is 0 Å². The molecule has 1 N–H and O–H groups in total. The first-order valence-electron chi connectivity index (χ1n) is 4.09. The lowest BCUT2D eigenvalue weighted by Crippen LogP contribution is -2.31. The van der Waals surface area contributed by atoms with Crippen molar-refractivity contribution in [3.05, 3.63) is 12.7 Å². The fourth-order valence-electron chi connectivity index (χ4n) is 0.868. The van der Waals surface area contributed by atoms with Gasteiger partial charge in [0.2, 0.25) is 6.41 Å². The van der Waals surface area contributed by atoms with E-state index in [1.54, 1.807) is 0 Å². The first kappa shape index (κ1) is 12.3. The van der Waals surface area contributed by atoms with Crippen LogP contribution in [0.4, 0.5) is 0 Å². The number of ether oxygens (including phenoxy) is 1. The summed E-state index contributed by atoms with van der Waals surface area (Å²) in [6.07, 6.45) is 0.951. The highest BCUT2D eigenvalue weighted by Crippen LogP contribution is 1.99. The zero-order chi connectivity index (χ0) is 11.0. The third kappa shape index (κ3) is 5.93. The number of amides is 1. The van der Waals surface area contributed by atoms with Crippen LogP contribution in [-0.4, -0.2) is 30.8 Å². The van der Waals surface area contributed by atoms with Crippen LogP contribution in [0.3, 0.4) is 0 Å². The summed E-state index contributed by atoms with van der Waals surface area (Å²) < 4.78 is 4.81. The van der Waals surface area contributed by atoms with E-state index in [1.807, 2.05) is 0 Å². The number of hydrogen-bond acceptors (Lipinski definition) is 4. The molecule has 5 nitrogen and oxygen atoms in total. The van der Waals surface area contributed by atoms with Gasteiger partial charge in [0.1, 0.15) is 11.9 Å². The molecule has 0 radical (unpaired) electrons. The summed E-state index contributed by atoms with van der Waals surface area (Å²) in [6.45, 7) is 4.74. The van der Waals surface area contributed by atoms with Gasteiger partial charge in [0.05, 0.1) is 6.54 Å². The molecule has 78 valence electrons. The number of carbonyl (C=O) groups excluding carboxylic acids is 3. The average Bonchev–Trinajstić information content (AvgIpc) is 2.13. The first-order valence-corrected chi connectivity index (χ1v) is 4.09. The molecule has 14 heavy (non-hydrogen) atoms. The van der Waals surface area contributed by atoms with Gasteiger partial charge in [-0.05, 0) is 6.92 Å². The first-order chi connectivity index (χ1) is 6.60. The SMILES string of the molecule is C=CC(=O)OC(CNC=O)CC(C)=O. The van der Waals surface area contributed by atoms with E-state index in [1.165, 1.54) is 6.92 Å². The normalized spacial score (nSPS) is 11.2. The maximum atomic E-state index is 10.8. The van der Waals surface area contributed by atoms with E-state index in [9.17, 15) is 14.4 Å². The van der Waals surface area contributed by atoms with E-state index in [0.717, 1.165) is 6.08 Å². The zero-order valence-corrected chi connectivity index (χ0v) is 7.99. The number of nitrogens with one attached hydrogen (secondary N) is 1. The minimum absolute atomic E-state index is 0.0837. The van der Waals surface area contributed by atoms with Crippen LogP contribution >= 0.6 is 0 Å². The van der Waals surface area contributed by atoms with Gasteiger partial charge in [-0.15, -0.1) is 0 Å². The molecule has 0 aromatic heterocycles. The summed E-state index contributed by atoms with van der Waals surface area (Å²) in [7, 11) is 0. The van der Waals surface area contributed by atoms with Crippen molar-refractivity contribution in [1.82, 2.24) is 5.32 Å². The number of carbonyl (C=O) groups is 3. The number of esters is 1. The van der Waals surface area contributed by atoms with Crippen LogP contribution in [0.25, 0.3) is 0 Å². The van der Waals surface area contributed by atoms with E-state index >= 15 is 0 Å². The summed E-state index contributed by atoms with van der Waals surface area (Å²) in [6, 6.07) is 0. The largest absolute Gasteiger partial charge is 0.457 e. The smallest absolute Gasteiger partial charge is 0.330 e. The third-order valence-corrected chi connectivity index (χ3v) is 1.39. The Balaban J connectivity index is 4.08. The van der Waals surface area contributed by atoms with Gasteiger partial charge in [-0.25, -0.2) is 4.79 Å². The second kappa shape index (κ2) is 6.82. The summed E-state index contributed by atoms with van der Waals surface area (Å²) in [4.78, 5) is 31.5. The van der Waals surface area contributed by atoms with E-state index in [0.29, 0.717) is 6.41 Å². The topological polar surface area (TPSA) is 72.5 Å². The zero-order valence-electron chi connectivity index (χ0n) is 7.99. The average molecular weight is 199 g/mol. The van der Waals surface area contributed by atoms with E-state index in [4.69, 9.17) is 4.74 Å². The molecule has 0 rings (SSSR count). The Hall–Kier alpha value is -1.65. The van der Waals surface area contributed by atoms with Crippen molar-refractivity contribution >= 4 is 18.2 Å². The molecule has 0 fully saturated rings. The lowest BCUT2D eigenvalue weighted by Gasteiger charge is -2.14. The summed E-state index contributed by atoms with van der Waals surface area (Å²) >= 11 is 0. The highest BCUT2D eigenvalue weighted by molar-refractivity contribution is 5.82. The Bertz CT molecular complexity index is 237. The van der Waals surface area contributed by atoms with Crippen LogP contribution in [0.2, 0.25) is 0 Å². The predicted molar refractivity (Wildman–Crippen MR) is 49.4 cm³/mol. The van der Waals surface area contributed by atoms with Gasteiger partial charge in [-0.3, -0.25) is 9.59 Å². The van der Waals surface area contributed by atoms with Gasteiger partial charge in [-0.1, -0.05) is 6.58 Å². The molecule has 0 saturated carbocycles. The Morgan fingerprint density at radius 1 is 1.57 bits per heavy atom. The molecule has 5 heteroatoms. The van der Waals surface area contributed by atoms with Crippen LogP contribution in [0.1, 0.15) is 13.3 Å². The molecule has 1 amide bonds. The van der Waals surface area contributed by atoms with Crippen molar-refractivity contribution in [1.29, 1.82) is 0 Å². The molecule has 0 bridgehead atoms. The summed E-state index contributed by atoms with van der Waals surface area (Å²) in [5.74, 6) is -0.719. The third-order valence-electron chi connectivity index (χ3n) is 1.39. The summed E-state index contributed by atoms with van der Waals surface area (Å²) in [5.41, 5.74) is 0. The lowest BCUT2D eigenvalue weighted by molar-refractivity contribution is -0.144. The molecule has 0 spiro atoms. The van der Waals surface area contributed by atoms with Crippen molar-refractivity contribution in [3.63, 3.8) is 0 Å². The predicted octanol–water partition coefficient (Wildman–Crippen LogP) is -0.191. The Morgan fingerprint density at radius 3 is 2.64 bits per heavy atom. The van der Waals surface area contributed by atoms with E-state index in [-0.39, 0.29) is 18.7 Å². The van der Waals surface area contributed by atoms with Crippen LogP contribution in [-0.2, 0) is 19.1 Å². The van der Waals surface area contributed by atoms with Crippen LogP contribution in [0.15, 0.2) is 12.7 Å². The number of ketones is 1. The molecule has 0 heterocycles. The van der Waals surface area contributed by atoms with E-state index in [2.05, 4.69) is 11.9 Å². The van der Waals surface area contributed by atoms with Crippen molar-refractivity contribution in [2.75, 3.05) is 6.54 Å². The van der Waals surface area contributed by atoms with Gasteiger partial charge < -0.3 is 10.1 Å². The van der Waals surface area contributed by atoms with Crippen molar-refractivity contribution in [2.45, 2.75) is 19.4 Å². The summed E-state index contributed by atoms with van der Waals surface area (Å²) in [5, 5.41) is 2.34. The number of rotatable bonds is 7. The van der Waals surface area contributed by atoms with Crippen molar-refractivity contribution in [3.8, 4) is 0 Å². The molecule has 0 aliphatic carbocycles. The molecule has 1 unspecified atom stereocenters. The van der Waals surface area contributed by atoms with Gasteiger partial charge in [0.15, 0.2) is 0 Å². The maximum Gasteiger partial charge on any atom is 0.330 e. The van der Waals surface area contributed by atoms with Crippen LogP contribution < -0.4 is 5.32 Å². The number of Topliss-reactive ketones (excluding diaryl/α,β-unsaturated/α-hetero) is 1. The fourth-order valence-corrected chi connectivity index (χ4v) is 0.868. The second-order valence-electron chi connectivity index (χ2n) is 2.70. The molecule has 0 saturated heterocycles. The van der Waals surface area contributed by atoms with Crippen LogP contribution in [0, 0.1) is 0 Å². The highest BCUT2D eigenvalue weighted by Gasteiger charge is 2.14. The standard InChI is InChI=1S/C9H13NO4/c1-3-9(13)14-8(4-7(2)12)5-10-6-11/h3,6,8H,1,4-5H2,2H3,(H,10,11). The Labute approximate surface area is 82.1 Å². The second-order valence-corrected chi connectivity index (χ2v) is 2.70. The lowest BCUT2D eigenvalue weighted by atomic mass is 10.2. The van der Waals surface area contributed by atoms with Crippen molar-refractivity contribution < 1.29 is 19.1 Å². The highest BCUT2D eigenvalue weighted by atomic mass is 16.5. The molecule has 0 aromatic carbocycles. The molecular formula is C9H13NO4. The number of hydrogen-bond donors (Lipinski definition) is 1. The quantitative estimate of drug-likeness (QED) is 0.350. The van der Waals surface area contributed by atoms with E-state index < -0.39 is 12.1 Å². The van der Waals surface area contributed by atoms with Crippen LogP contribution in [0.5, 0.6) is 0 Å². The maximum absolute atomic E-state index is 10.8. The molecular weight excluding hydrogens is 186 g/mol. The molecule has 0 aliphatic rings. The van der Waals surface area contributed by atoms with Gasteiger partial charge in [0, 0.05) is 12.5 Å². The molecule has 1 atom stereocenters. The Morgan fingerprint density at radius 2 is 2.21 bits per heavy atom. The molecule has 0 aromatic rings. The molecule has 0 aliphatic heterocycles. The fraction of sp³-hybridized carbons (Fsp3) is 0.444. The van der Waals surface area contributed by atoms with Gasteiger partial charge in [0.25, 0.3) is 0 Å². The Kier molecular flexibility index (Phi) is 6.02. The minimum Gasteiger partial charge on any atom is -0.457 e. The minimum atomic E-state index is -0.622.